The van der Waals surface area contributed by atoms with Gasteiger partial charge in [-0.2, -0.15) is 0 Å². The lowest BCUT2D eigenvalue weighted by Gasteiger charge is -2.35. The molecule has 264 valence electrons. The Hall–Kier alpha value is -3.57. The number of aryl methyl sites for hydroxylation is 1. The van der Waals surface area contributed by atoms with Crippen molar-refractivity contribution in [3.8, 4) is 5.75 Å². The van der Waals surface area contributed by atoms with Crippen LogP contribution in [0.15, 0.2) is 100 Å². The number of hydrogen-bond donors (Lipinski definition) is 1. The third-order valence-electron chi connectivity index (χ3n) is 8.92. The van der Waals surface area contributed by atoms with Crippen LogP contribution in [0.3, 0.4) is 0 Å². The van der Waals surface area contributed by atoms with Gasteiger partial charge in [-0.3, -0.25) is 13.9 Å². The molecule has 12 heteroatoms. The summed E-state index contributed by atoms with van der Waals surface area (Å²) >= 11 is 16.7. The van der Waals surface area contributed by atoms with Crippen molar-refractivity contribution in [1.82, 2.24) is 10.2 Å². The van der Waals surface area contributed by atoms with Gasteiger partial charge in [-0.25, -0.2) is 8.42 Å². The molecule has 0 radical (unpaired) electrons. The topological polar surface area (TPSA) is 96.0 Å². The first-order valence-corrected chi connectivity index (χ1v) is 19.5. The molecule has 8 nitrogen and oxygen atoms in total. The largest absolute Gasteiger partial charge is 0.496 e. The predicted molar refractivity (Wildman–Crippen MR) is 202 cm³/mol. The number of sulfonamides is 1. The van der Waals surface area contributed by atoms with Gasteiger partial charge in [-0.15, -0.1) is 0 Å². The zero-order valence-electron chi connectivity index (χ0n) is 27.9. The average Bonchev–Trinajstić information content (AvgIpc) is 3.11. The van der Waals surface area contributed by atoms with Crippen LogP contribution in [0, 0.1) is 6.92 Å². The second-order valence-corrected chi connectivity index (χ2v) is 15.9. The van der Waals surface area contributed by atoms with Gasteiger partial charge in [0, 0.05) is 34.6 Å². The van der Waals surface area contributed by atoms with Crippen LogP contribution < -0.4 is 14.4 Å². The summed E-state index contributed by atoms with van der Waals surface area (Å²) in [5.74, 6) is -0.462. The minimum absolute atomic E-state index is 0.0201. The number of carbonyl (C=O) groups is 2. The number of amides is 2. The SMILES string of the molecule is COc1ccc(S(=O)(=O)N(CC(=O)N(Cc2c(Cl)cccc2Cl)C(Cc2ccccc2)C(=O)NC2CCCCC2)c2ccc(C)cc2)cc1Br. The van der Waals surface area contributed by atoms with Crippen molar-refractivity contribution in [2.45, 2.75) is 69.0 Å². The maximum atomic E-state index is 14.8. The summed E-state index contributed by atoms with van der Waals surface area (Å²) in [6.07, 6.45) is 5.03. The van der Waals surface area contributed by atoms with Crippen LogP contribution in [-0.2, 0) is 32.6 Å². The number of nitrogens with zero attached hydrogens (tertiary/aromatic N) is 2. The number of benzene rings is 4. The Kier molecular flexibility index (Phi) is 12.9. The van der Waals surface area contributed by atoms with E-state index in [9.17, 15) is 18.0 Å². The molecule has 0 saturated heterocycles. The fourth-order valence-electron chi connectivity index (χ4n) is 6.13. The van der Waals surface area contributed by atoms with Crippen LogP contribution in [-0.4, -0.2) is 50.9 Å². The molecule has 0 spiro atoms. The normalized spacial score (nSPS) is 14.1. The highest BCUT2D eigenvalue weighted by atomic mass is 79.9. The Balaban J connectivity index is 1.60. The number of nitrogens with one attached hydrogen (secondary N) is 1. The van der Waals surface area contributed by atoms with Gasteiger partial charge >= 0.3 is 0 Å². The van der Waals surface area contributed by atoms with Crippen molar-refractivity contribution in [1.29, 1.82) is 0 Å². The summed E-state index contributed by atoms with van der Waals surface area (Å²) < 4.78 is 35.7. The number of methoxy groups -OCH3 is 1. The van der Waals surface area contributed by atoms with Gasteiger partial charge in [-0.1, -0.05) is 96.6 Å². The van der Waals surface area contributed by atoms with Gasteiger partial charge in [-0.05, 0) is 83.7 Å². The fourth-order valence-corrected chi connectivity index (χ4v) is 8.78. The summed E-state index contributed by atoms with van der Waals surface area (Å²) in [7, 11) is -2.82. The lowest BCUT2D eigenvalue weighted by atomic mass is 9.94. The Bertz CT molecular complexity index is 1890. The number of ether oxygens (including phenoxy) is 1. The van der Waals surface area contributed by atoms with E-state index in [-0.39, 0.29) is 35.5 Å². The van der Waals surface area contributed by atoms with E-state index in [0.717, 1.165) is 47.5 Å². The Morgan fingerprint density at radius 2 is 1.58 bits per heavy atom. The molecule has 4 aromatic rings. The Labute approximate surface area is 312 Å². The fraction of sp³-hybridized carbons (Fsp3) is 0.316. The first-order chi connectivity index (χ1) is 24.0. The van der Waals surface area contributed by atoms with E-state index in [0.29, 0.717) is 25.8 Å². The van der Waals surface area contributed by atoms with Crippen molar-refractivity contribution < 1.29 is 22.7 Å². The highest BCUT2D eigenvalue weighted by Gasteiger charge is 2.36. The third-order valence-corrected chi connectivity index (χ3v) is 12.0. The van der Waals surface area contributed by atoms with Crippen LogP contribution in [0.4, 0.5) is 5.69 Å². The molecule has 2 amide bonds. The minimum atomic E-state index is -4.31. The smallest absolute Gasteiger partial charge is 0.264 e. The standard InChI is InChI=1S/C38H40BrCl2N3O5S/c1-26-16-18-29(19-17-26)44(50(47,48)30-20-21-36(49-2)32(39)23-30)25-37(45)43(24-31-33(40)14-9-15-34(31)41)35(22-27-10-5-3-6-11-27)38(46)42-28-12-7-4-8-13-28/h3,5-6,9-11,14-21,23,28,35H,4,7-8,12-13,22,24-25H2,1-2H3,(H,42,46). The molecule has 0 heterocycles. The second kappa shape index (κ2) is 17.1. The summed E-state index contributed by atoms with van der Waals surface area (Å²) in [6.45, 7) is 1.17. The van der Waals surface area contributed by atoms with E-state index in [1.807, 2.05) is 37.3 Å². The molecule has 1 fully saturated rings. The van der Waals surface area contributed by atoms with Crippen molar-refractivity contribution >= 4 is 66.7 Å². The van der Waals surface area contributed by atoms with Gasteiger partial charge in [0.15, 0.2) is 0 Å². The molecule has 1 atom stereocenters. The van der Waals surface area contributed by atoms with Crippen LogP contribution in [0.25, 0.3) is 0 Å². The number of hydrogen-bond acceptors (Lipinski definition) is 5. The molecule has 1 aliphatic carbocycles. The monoisotopic (exact) mass is 799 g/mol. The van der Waals surface area contributed by atoms with Crippen molar-refractivity contribution in [3.05, 3.63) is 122 Å². The summed E-state index contributed by atoms with van der Waals surface area (Å²) in [4.78, 5) is 30.5. The molecule has 0 bridgehead atoms. The maximum Gasteiger partial charge on any atom is 0.264 e. The molecular formula is C38H40BrCl2N3O5S. The van der Waals surface area contributed by atoms with Crippen molar-refractivity contribution in [2.24, 2.45) is 0 Å². The molecule has 5 rings (SSSR count). The molecule has 0 aliphatic heterocycles. The molecule has 0 aromatic heterocycles. The lowest BCUT2D eigenvalue weighted by molar-refractivity contribution is -0.140. The highest BCUT2D eigenvalue weighted by Crippen LogP contribution is 2.32. The quantitative estimate of drug-likeness (QED) is 0.147. The number of halogens is 3. The second-order valence-electron chi connectivity index (χ2n) is 12.4. The van der Waals surface area contributed by atoms with E-state index in [4.69, 9.17) is 27.9 Å². The van der Waals surface area contributed by atoms with Gasteiger partial charge in [0.05, 0.1) is 22.2 Å². The first-order valence-electron chi connectivity index (χ1n) is 16.5. The lowest BCUT2D eigenvalue weighted by Crippen LogP contribution is -2.55. The van der Waals surface area contributed by atoms with E-state index in [1.54, 1.807) is 48.5 Å². The molecule has 1 saturated carbocycles. The molecular weight excluding hydrogens is 761 g/mol. The highest BCUT2D eigenvalue weighted by molar-refractivity contribution is 9.10. The average molecular weight is 802 g/mol. The van der Waals surface area contributed by atoms with Gasteiger partial charge in [0.2, 0.25) is 11.8 Å². The van der Waals surface area contributed by atoms with E-state index < -0.39 is 28.5 Å². The van der Waals surface area contributed by atoms with Gasteiger partial charge < -0.3 is 15.0 Å². The zero-order valence-corrected chi connectivity index (χ0v) is 31.9. The van der Waals surface area contributed by atoms with Crippen molar-refractivity contribution in [3.63, 3.8) is 0 Å². The molecule has 1 unspecified atom stereocenters. The maximum absolute atomic E-state index is 14.8. The first kappa shape index (κ1) is 37.7. The minimum Gasteiger partial charge on any atom is -0.496 e. The predicted octanol–water partition coefficient (Wildman–Crippen LogP) is 8.36. The van der Waals surface area contributed by atoms with Gasteiger partial charge in [0.25, 0.3) is 10.0 Å². The van der Waals surface area contributed by atoms with Gasteiger partial charge in [0.1, 0.15) is 18.3 Å². The Morgan fingerprint density at radius 1 is 0.920 bits per heavy atom. The van der Waals surface area contributed by atoms with Crippen LogP contribution >= 0.6 is 39.1 Å². The van der Waals surface area contributed by atoms with Crippen LogP contribution in [0.5, 0.6) is 5.75 Å². The summed E-state index contributed by atoms with van der Waals surface area (Å²) in [5.41, 5.74) is 2.50. The molecule has 50 heavy (non-hydrogen) atoms. The molecule has 1 aliphatic rings. The van der Waals surface area contributed by atoms with Crippen LogP contribution in [0.1, 0.15) is 48.8 Å². The van der Waals surface area contributed by atoms with Crippen molar-refractivity contribution in [2.75, 3.05) is 18.0 Å². The number of anilines is 1. The zero-order chi connectivity index (χ0) is 35.8. The van der Waals surface area contributed by atoms with E-state index >= 15 is 0 Å². The van der Waals surface area contributed by atoms with Crippen LogP contribution in [0.2, 0.25) is 10.0 Å². The number of rotatable bonds is 13. The summed E-state index contributed by atoms with van der Waals surface area (Å²) in [6, 6.07) is 24.8. The van der Waals surface area contributed by atoms with E-state index in [2.05, 4.69) is 21.2 Å². The third kappa shape index (κ3) is 9.20. The molecule has 1 N–H and O–H groups in total. The number of carbonyl (C=O) groups excluding carboxylic acids is 2. The Morgan fingerprint density at radius 3 is 2.20 bits per heavy atom. The van der Waals surface area contributed by atoms with E-state index in [1.165, 1.54) is 24.1 Å². The molecule has 4 aromatic carbocycles. The summed E-state index contributed by atoms with van der Waals surface area (Å²) in [5, 5.41) is 3.86.